The van der Waals surface area contributed by atoms with Crippen molar-refractivity contribution in [3.05, 3.63) is 83.4 Å². The Morgan fingerprint density at radius 1 is 1.07 bits per heavy atom. The number of methoxy groups -OCH3 is 1. The molecule has 3 rings (SSSR count). The highest BCUT2D eigenvalue weighted by molar-refractivity contribution is 5.79. The molecule has 0 bridgehead atoms. The quantitative estimate of drug-likeness (QED) is 0.453. The van der Waals surface area contributed by atoms with E-state index >= 15 is 0 Å². The summed E-state index contributed by atoms with van der Waals surface area (Å²) in [5.74, 6) is 1.63. The third-order valence-corrected chi connectivity index (χ3v) is 4.43. The highest BCUT2D eigenvalue weighted by Gasteiger charge is 2.08. The first-order valence-corrected chi connectivity index (χ1v) is 9.53. The molecule has 0 fully saturated rings. The van der Waals surface area contributed by atoms with E-state index in [0.29, 0.717) is 24.8 Å². The number of hydrogen-bond acceptors (Lipinski definition) is 4. The fourth-order valence-electron chi connectivity index (χ4n) is 2.85. The van der Waals surface area contributed by atoms with E-state index in [0.717, 1.165) is 22.4 Å². The Morgan fingerprint density at radius 3 is 2.60 bits per heavy atom. The number of pyridine rings is 1. The van der Waals surface area contributed by atoms with Crippen molar-refractivity contribution in [3.63, 3.8) is 0 Å². The fourth-order valence-corrected chi connectivity index (χ4v) is 2.85. The minimum atomic E-state index is -0.439. The van der Waals surface area contributed by atoms with Crippen molar-refractivity contribution in [2.24, 2.45) is 4.99 Å². The van der Waals surface area contributed by atoms with Crippen LogP contribution < -0.4 is 20.1 Å². The van der Waals surface area contributed by atoms with Gasteiger partial charge in [0.1, 0.15) is 11.5 Å². The SMILES string of the molecule is CN=C(NCc1ccc(Oc2cccnc2)c(F)c1)NCc1ccc(C)cc1OC. The molecule has 0 radical (unpaired) electrons. The Bertz CT molecular complexity index is 1010. The zero-order chi connectivity index (χ0) is 21.3. The third kappa shape index (κ3) is 5.70. The Morgan fingerprint density at radius 2 is 1.90 bits per heavy atom. The van der Waals surface area contributed by atoms with Crippen molar-refractivity contribution in [2.75, 3.05) is 14.2 Å². The summed E-state index contributed by atoms with van der Waals surface area (Å²) in [5.41, 5.74) is 2.92. The van der Waals surface area contributed by atoms with Crippen molar-refractivity contribution >= 4 is 5.96 Å². The minimum absolute atomic E-state index is 0.153. The Kier molecular flexibility index (Phi) is 7.21. The molecule has 6 nitrogen and oxygen atoms in total. The van der Waals surface area contributed by atoms with E-state index in [1.54, 1.807) is 44.6 Å². The van der Waals surface area contributed by atoms with Crippen LogP contribution in [0.15, 0.2) is 65.9 Å². The largest absolute Gasteiger partial charge is 0.496 e. The van der Waals surface area contributed by atoms with Crippen molar-refractivity contribution in [1.29, 1.82) is 0 Å². The van der Waals surface area contributed by atoms with Gasteiger partial charge in [0, 0.05) is 31.9 Å². The first-order valence-electron chi connectivity index (χ1n) is 9.53. The van der Waals surface area contributed by atoms with Crippen LogP contribution in [0.4, 0.5) is 4.39 Å². The molecule has 0 aliphatic carbocycles. The number of aliphatic imine (C=N–C) groups is 1. The lowest BCUT2D eigenvalue weighted by atomic mass is 10.1. The van der Waals surface area contributed by atoms with Gasteiger partial charge in [0.15, 0.2) is 17.5 Å². The minimum Gasteiger partial charge on any atom is -0.496 e. The van der Waals surface area contributed by atoms with Crippen LogP contribution in [0.25, 0.3) is 0 Å². The predicted octanol–water partition coefficient (Wildman–Crippen LogP) is 4.20. The molecule has 0 amide bonds. The monoisotopic (exact) mass is 408 g/mol. The number of aromatic nitrogens is 1. The van der Waals surface area contributed by atoms with E-state index in [1.807, 2.05) is 25.1 Å². The first-order chi connectivity index (χ1) is 14.6. The number of benzene rings is 2. The van der Waals surface area contributed by atoms with E-state index in [4.69, 9.17) is 9.47 Å². The van der Waals surface area contributed by atoms with Crippen molar-refractivity contribution in [3.8, 4) is 17.2 Å². The van der Waals surface area contributed by atoms with Gasteiger partial charge >= 0.3 is 0 Å². The van der Waals surface area contributed by atoms with Gasteiger partial charge in [-0.3, -0.25) is 9.98 Å². The molecule has 0 atom stereocenters. The second kappa shape index (κ2) is 10.2. The molecule has 7 heteroatoms. The topological polar surface area (TPSA) is 67.8 Å². The third-order valence-electron chi connectivity index (χ3n) is 4.43. The summed E-state index contributed by atoms with van der Waals surface area (Å²) in [5, 5.41) is 6.42. The summed E-state index contributed by atoms with van der Waals surface area (Å²) in [6.07, 6.45) is 3.17. The van der Waals surface area contributed by atoms with Crippen molar-refractivity contribution in [1.82, 2.24) is 15.6 Å². The standard InChI is InChI=1S/C23H25FN4O2/c1-16-6-8-18(22(11-16)29-3)14-28-23(25-2)27-13-17-7-9-21(20(24)12-17)30-19-5-4-10-26-15-19/h4-12,15H,13-14H2,1-3H3,(H2,25,27,28). The summed E-state index contributed by atoms with van der Waals surface area (Å²) in [4.78, 5) is 8.17. The van der Waals surface area contributed by atoms with Gasteiger partial charge < -0.3 is 20.1 Å². The summed E-state index contributed by atoms with van der Waals surface area (Å²) in [6, 6.07) is 14.3. The number of halogens is 1. The zero-order valence-electron chi connectivity index (χ0n) is 17.3. The van der Waals surface area contributed by atoms with Crippen LogP contribution >= 0.6 is 0 Å². The molecule has 3 aromatic rings. The predicted molar refractivity (Wildman–Crippen MR) is 115 cm³/mol. The average Bonchev–Trinajstić information content (AvgIpc) is 2.77. The summed E-state index contributed by atoms with van der Waals surface area (Å²) < 4.78 is 25.3. The van der Waals surface area contributed by atoms with Gasteiger partial charge in [0.25, 0.3) is 0 Å². The van der Waals surface area contributed by atoms with E-state index in [9.17, 15) is 4.39 Å². The number of nitrogens with one attached hydrogen (secondary N) is 2. The zero-order valence-corrected chi connectivity index (χ0v) is 17.3. The molecule has 2 N–H and O–H groups in total. The average molecular weight is 408 g/mol. The Labute approximate surface area is 175 Å². The van der Waals surface area contributed by atoms with E-state index in [1.165, 1.54) is 12.3 Å². The summed E-state index contributed by atoms with van der Waals surface area (Å²) in [6.45, 7) is 2.98. The van der Waals surface area contributed by atoms with Crippen molar-refractivity contribution in [2.45, 2.75) is 20.0 Å². The normalized spacial score (nSPS) is 11.1. The van der Waals surface area contributed by atoms with Crippen LogP contribution in [0.5, 0.6) is 17.2 Å². The Hall–Kier alpha value is -3.61. The highest BCUT2D eigenvalue weighted by atomic mass is 19.1. The number of ether oxygens (including phenoxy) is 2. The number of hydrogen-bond donors (Lipinski definition) is 2. The fraction of sp³-hybridized carbons (Fsp3) is 0.217. The molecule has 0 saturated heterocycles. The second-order valence-electron chi connectivity index (χ2n) is 6.65. The lowest BCUT2D eigenvalue weighted by molar-refractivity contribution is 0.408. The molecular formula is C23H25FN4O2. The van der Waals surface area contributed by atoms with Crippen LogP contribution in [0, 0.1) is 12.7 Å². The van der Waals surface area contributed by atoms with Gasteiger partial charge in [0.2, 0.25) is 0 Å². The van der Waals surface area contributed by atoms with E-state index < -0.39 is 5.82 Å². The number of aryl methyl sites for hydroxylation is 1. The van der Waals surface area contributed by atoms with Crippen LogP contribution in [0.3, 0.4) is 0 Å². The highest BCUT2D eigenvalue weighted by Crippen LogP contribution is 2.24. The van der Waals surface area contributed by atoms with Gasteiger partial charge in [0.05, 0.1) is 13.3 Å². The molecule has 0 aliphatic rings. The maximum absolute atomic E-state index is 14.4. The summed E-state index contributed by atoms with van der Waals surface area (Å²) in [7, 11) is 3.34. The molecule has 0 unspecified atom stereocenters. The number of guanidine groups is 1. The van der Waals surface area contributed by atoms with E-state index in [2.05, 4.69) is 20.6 Å². The molecule has 0 aliphatic heterocycles. The number of rotatable bonds is 7. The van der Waals surface area contributed by atoms with Gasteiger partial charge in [-0.25, -0.2) is 4.39 Å². The van der Waals surface area contributed by atoms with E-state index in [-0.39, 0.29) is 5.75 Å². The van der Waals surface area contributed by atoms with Gasteiger partial charge in [-0.1, -0.05) is 18.2 Å². The van der Waals surface area contributed by atoms with Crippen LogP contribution in [-0.2, 0) is 13.1 Å². The first kappa shape index (κ1) is 21.1. The second-order valence-corrected chi connectivity index (χ2v) is 6.65. The van der Waals surface area contributed by atoms with Gasteiger partial charge in [-0.2, -0.15) is 0 Å². The molecule has 0 spiro atoms. The molecule has 156 valence electrons. The van der Waals surface area contributed by atoms with Crippen LogP contribution in [0.1, 0.15) is 16.7 Å². The molecule has 1 heterocycles. The Balaban J connectivity index is 1.56. The van der Waals surface area contributed by atoms with Gasteiger partial charge in [-0.15, -0.1) is 0 Å². The van der Waals surface area contributed by atoms with Crippen molar-refractivity contribution < 1.29 is 13.9 Å². The molecular weight excluding hydrogens is 383 g/mol. The lowest BCUT2D eigenvalue weighted by Crippen LogP contribution is -2.36. The van der Waals surface area contributed by atoms with Crippen LogP contribution in [0.2, 0.25) is 0 Å². The maximum Gasteiger partial charge on any atom is 0.191 e. The lowest BCUT2D eigenvalue weighted by Gasteiger charge is -2.14. The molecule has 2 aromatic carbocycles. The molecule has 30 heavy (non-hydrogen) atoms. The van der Waals surface area contributed by atoms with Crippen LogP contribution in [-0.4, -0.2) is 25.1 Å². The van der Waals surface area contributed by atoms with Gasteiger partial charge in [-0.05, 0) is 48.4 Å². The smallest absolute Gasteiger partial charge is 0.191 e. The maximum atomic E-state index is 14.4. The number of nitrogens with zero attached hydrogens (tertiary/aromatic N) is 2. The summed E-state index contributed by atoms with van der Waals surface area (Å²) >= 11 is 0. The molecule has 1 aromatic heterocycles. The molecule has 0 saturated carbocycles.